The molecule has 0 unspecified atom stereocenters. The summed E-state index contributed by atoms with van der Waals surface area (Å²) < 4.78 is 1.88. The average Bonchev–Trinajstić information content (AvgIpc) is 2.67. The Morgan fingerprint density at radius 3 is 3.14 bits per heavy atom. The number of hydrogen-bond acceptors (Lipinski definition) is 4. The van der Waals surface area contributed by atoms with Crippen LogP contribution in [0.15, 0.2) is 6.20 Å². The van der Waals surface area contributed by atoms with E-state index in [0.29, 0.717) is 12.6 Å². The van der Waals surface area contributed by atoms with Crippen molar-refractivity contribution >= 4 is 0 Å². The fourth-order valence-electron chi connectivity index (χ4n) is 1.83. The molecular formula is C9H17N5. The maximum atomic E-state index is 5.46. The molecule has 0 bridgehead atoms. The lowest BCUT2D eigenvalue weighted by molar-refractivity contribution is 0.348. The zero-order valence-electron chi connectivity index (χ0n) is 8.32. The summed E-state index contributed by atoms with van der Waals surface area (Å²) in [5.74, 6) is 0. The van der Waals surface area contributed by atoms with Crippen molar-refractivity contribution in [1.82, 2.24) is 20.3 Å². The van der Waals surface area contributed by atoms with E-state index in [0.717, 1.165) is 18.8 Å². The summed E-state index contributed by atoms with van der Waals surface area (Å²) in [6.07, 6.45) is 5.77. The minimum absolute atomic E-state index is 0.470. The van der Waals surface area contributed by atoms with Crippen LogP contribution in [0, 0.1) is 0 Å². The molecule has 1 aromatic rings. The standard InChI is InChI=1S/C9H17N5/c10-5-9-7-14(13-12-9)6-8-3-1-2-4-11-8/h7-8,11H,1-6,10H2/t8-/m0/s1. The second kappa shape index (κ2) is 4.52. The summed E-state index contributed by atoms with van der Waals surface area (Å²) in [5.41, 5.74) is 6.33. The lowest BCUT2D eigenvalue weighted by atomic mass is 10.1. The second-order valence-electron chi connectivity index (χ2n) is 3.78. The zero-order chi connectivity index (χ0) is 9.80. The van der Waals surface area contributed by atoms with Crippen molar-refractivity contribution < 1.29 is 0 Å². The van der Waals surface area contributed by atoms with Gasteiger partial charge in [0.15, 0.2) is 0 Å². The summed E-state index contributed by atoms with van der Waals surface area (Å²) >= 11 is 0. The average molecular weight is 195 g/mol. The van der Waals surface area contributed by atoms with Gasteiger partial charge >= 0.3 is 0 Å². The molecule has 0 spiro atoms. The fourth-order valence-corrected chi connectivity index (χ4v) is 1.83. The number of rotatable bonds is 3. The van der Waals surface area contributed by atoms with Gasteiger partial charge in [0.25, 0.3) is 0 Å². The molecule has 0 saturated carbocycles. The molecular weight excluding hydrogens is 178 g/mol. The first kappa shape index (κ1) is 9.61. The van der Waals surface area contributed by atoms with Gasteiger partial charge in [-0.25, -0.2) is 0 Å². The number of aromatic nitrogens is 3. The van der Waals surface area contributed by atoms with Gasteiger partial charge in [-0.15, -0.1) is 5.10 Å². The van der Waals surface area contributed by atoms with Gasteiger partial charge in [-0.1, -0.05) is 11.6 Å². The molecule has 0 aromatic carbocycles. The van der Waals surface area contributed by atoms with E-state index in [1.807, 2.05) is 10.9 Å². The van der Waals surface area contributed by atoms with Crippen molar-refractivity contribution in [2.45, 2.75) is 38.4 Å². The highest BCUT2D eigenvalue weighted by atomic mass is 15.4. The Balaban J connectivity index is 1.89. The molecule has 0 amide bonds. The highest BCUT2D eigenvalue weighted by Gasteiger charge is 2.13. The lowest BCUT2D eigenvalue weighted by Crippen LogP contribution is -2.37. The number of piperidine rings is 1. The zero-order valence-corrected chi connectivity index (χ0v) is 8.32. The number of nitrogens with zero attached hydrogens (tertiary/aromatic N) is 3. The Bertz CT molecular complexity index is 276. The molecule has 78 valence electrons. The molecule has 5 heteroatoms. The van der Waals surface area contributed by atoms with Crippen molar-refractivity contribution in [1.29, 1.82) is 0 Å². The minimum Gasteiger partial charge on any atom is -0.325 e. The van der Waals surface area contributed by atoms with Crippen LogP contribution in [0.5, 0.6) is 0 Å². The third-order valence-corrected chi connectivity index (χ3v) is 2.62. The Hall–Kier alpha value is -0.940. The van der Waals surface area contributed by atoms with E-state index < -0.39 is 0 Å². The lowest BCUT2D eigenvalue weighted by Gasteiger charge is -2.22. The molecule has 1 fully saturated rings. The van der Waals surface area contributed by atoms with E-state index in [-0.39, 0.29) is 0 Å². The number of nitrogens with two attached hydrogens (primary N) is 1. The van der Waals surface area contributed by atoms with Crippen LogP contribution in [-0.4, -0.2) is 27.6 Å². The third kappa shape index (κ3) is 2.30. The first-order chi connectivity index (χ1) is 6.88. The van der Waals surface area contributed by atoms with Gasteiger partial charge < -0.3 is 11.1 Å². The maximum Gasteiger partial charge on any atom is 0.0962 e. The topological polar surface area (TPSA) is 68.8 Å². The fraction of sp³-hybridized carbons (Fsp3) is 0.778. The molecule has 1 aromatic heterocycles. The third-order valence-electron chi connectivity index (χ3n) is 2.62. The van der Waals surface area contributed by atoms with E-state index in [1.165, 1.54) is 19.3 Å². The summed E-state index contributed by atoms with van der Waals surface area (Å²) in [5, 5.41) is 11.5. The van der Waals surface area contributed by atoms with Crippen LogP contribution < -0.4 is 11.1 Å². The monoisotopic (exact) mass is 195 g/mol. The highest BCUT2D eigenvalue weighted by molar-refractivity contribution is 4.91. The van der Waals surface area contributed by atoms with Gasteiger partial charge in [-0.3, -0.25) is 4.68 Å². The Labute approximate surface area is 83.7 Å². The summed E-state index contributed by atoms with van der Waals surface area (Å²) in [7, 11) is 0. The van der Waals surface area contributed by atoms with Crippen LogP contribution in [0.4, 0.5) is 0 Å². The van der Waals surface area contributed by atoms with E-state index in [9.17, 15) is 0 Å². The molecule has 1 saturated heterocycles. The SMILES string of the molecule is NCc1cn(C[C@@H]2CCCCN2)nn1. The summed E-state index contributed by atoms with van der Waals surface area (Å²) in [6, 6.07) is 0.552. The number of nitrogens with one attached hydrogen (secondary N) is 1. The van der Waals surface area contributed by atoms with Crippen LogP contribution in [-0.2, 0) is 13.1 Å². The van der Waals surface area contributed by atoms with Crippen LogP contribution in [0.25, 0.3) is 0 Å². The van der Waals surface area contributed by atoms with Crippen LogP contribution in [0.1, 0.15) is 25.0 Å². The van der Waals surface area contributed by atoms with Crippen molar-refractivity contribution in [3.8, 4) is 0 Å². The molecule has 2 rings (SSSR count). The van der Waals surface area contributed by atoms with Crippen LogP contribution >= 0.6 is 0 Å². The smallest absolute Gasteiger partial charge is 0.0962 e. The van der Waals surface area contributed by atoms with E-state index in [2.05, 4.69) is 15.6 Å². The largest absolute Gasteiger partial charge is 0.325 e. The summed E-state index contributed by atoms with van der Waals surface area (Å²) in [4.78, 5) is 0. The first-order valence-electron chi connectivity index (χ1n) is 5.21. The van der Waals surface area contributed by atoms with E-state index in [1.54, 1.807) is 0 Å². The van der Waals surface area contributed by atoms with Crippen LogP contribution in [0.3, 0.4) is 0 Å². The minimum atomic E-state index is 0.470. The van der Waals surface area contributed by atoms with Gasteiger partial charge in [-0.05, 0) is 19.4 Å². The molecule has 14 heavy (non-hydrogen) atoms. The predicted octanol–water partition coefficient (Wildman–Crippen LogP) is -0.121. The first-order valence-corrected chi connectivity index (χ1v) is 5.21. The molecule has 3 N–H and O–H groups in total. The van der Waals surface area contributed by atoms with Crippen molar-refractivity contribution in [2.24, 2.45) is 5.73 Å². The molecule has 0 aliphatic carbocycles. The molecule has 0 radical (unpaired) electrons. The molecule has 1 atom stereocenters. The van der Waals surface area contributed by atoms with Crippen molar-refractivity contribution in [3.05, 3.63) is 11.9 Å². The van der Waals surface area contributed by atoms with Crippen molar-refractivity contribution in [2.75, 3.05) is 6.54 Å². The van der Waals surface area contributed by atoms with E-state index >= 15 is 0 Å². The molecule has 5 nitrogen and oxygen atoms in total. The number of hydrogen-bond donors (Lipinski definition) is 2. The van der Waals surface area contributed by atoms with Gasteiger partial charge in [0, 0.05) is 18.8 Å². The normalized spacial score (nSPS) is 22.5. The van der Waals surface area contributed by atoms with Gasteiger partial charge in [0.2, 0.25) is 0 Å². The Morgan fingerprint density at radius 1 is 1.57 bits per heavy atom. The Morgan fingerprint density at radius 2 is 2.50 bits per heavy atom. The Kier molecular flexibility index (Phi) is 3.10. The van der Waals surface area contributed by atoms with Crippen molar-refractivity contribution in [3.63, 3.8) is 0 Å². The predicted molar refractivity (Wildman–Crippen MR) is 53.6 cm³/mol. The van der Waals surface area contributed by atoms with Gasteiger partial charge in [0.05, 0.1) is 12.2 Å². The van der Waals surface area contributed by atoms with E-state index in [4.69, 9.17) is 5.73 Å². The molecule has 2 heterocycles. The van der Waals surface area contributed by atoms with Gasteiger partial charge in [-0.2, -0.15) is 0 Å². The molecule has 1 aliphatic heterocycles. The maximum absolute atomic E-state index is 5.46. The highest BCUT2D eigenvalue weighted by Crippen LogP contribution is 2.08. The van der Waals surface area contributed by atoms with Gasteiger partial charge in [0.1, 0.15) is 0 Å². The molecule has 1 aliphatic rings. The quantitative estimate of drug-likeness (QED) is 0.705. The van der Waals surface area contributed by atoms with Crippen LogP contribution in [0.2, 0.25) is 0 Å². The summed E-state index contributed by atoms with van der Waals surface area (Å²) in [6.45, 7) is 2.51. The second-order valence-corrected chi connectivity index (χ2v) is 3.78.